The number of rotatable bonds is 5. The molecule has 0 saturated carbocycles. The summed E-state index contributed by atoms with van der Waals surface area (Å²) in [6, 6.07) is 5.07. The van der Waals surface area contributed by atoms with Crippen LogP contribution in [0.2, 0.25) is 5.02 Å². The summed E-state index contributed by atoms with van der Waals surface area (Å²) in [4.78, 5) is 11.8. The molecule has 0 aliphatic rings. The first kappa shape index (κ1) is 14.4. The van der Waals surface area contributed by atoms with Crippen LogP contribution in [-0.2, 0) is 9.47 Å². The molecule has 1 N–H and O–H groups in total. The van der Waals surface area contributed by atoms with Gasteiger partial charge in [0, 0.05) is 18.7 Å². The van der Waals surface area contributed by atoms with Gasteiger partial charge in [-0.1, -0.05) is 27.5 Å². The average Bonchev–Trinajstić information content (AvgIpc) is 2.30. The normalized spacial score (nSPS) is 10.6. The van der Waals surface area contributed by atoms with Gasteiger partial charge in [-0.15, -0.1) is 0 Å². The summed E-state index contributed by atoms with van der Waals surface area (Å²) in [5, 5.41) is 3.06. The molecular formula is C11H13BrClNO3. The van der Waals surface area contributed by atoms with Gasteiger partial charge in [0.25, 0.3) is 5.91 Å². The van der Waals surface area contributed by atoms with E-state index in [4.69, 9.17) is 21.1 Å². The Bertz CT molecular complexity index is 396. The number of hydrogen-bond donors (Lipinski definition) is 1. The lowest BCUT2D eigenvalue weighted by atomic mass is 10.2. The van der Waals surface area contributed by atoms with Gasteiger partial charge < -0.3 is 14.8 Å². The van der Waals surface area contributed by atoms with Gasteiger partial charge in [-0.2, -0.15) is 0 Å². The maximum Gasteiger partial charge on any atom is 0.252 e. The fourth-order valence-corrected chi connectivity index (χ4v) is 1.97. The number of amides is 1. The highest BCUT2D eigenvalue weighted by atomic mass is 79.9. The zero-order valence-corrected chi connectivity index (χ0v) is 11.8. The molecule has 0 unspecified atom stereocenters. The largest absolute Gasteiger partial charge is 0.354 e. The van der Waals surface area contributed by atoms with E-state index < -0.39 is 6.29 Å². The Balaban J connectivity index is 2.64. The Morgan fingerprint density at radius 1 is 1.47 bits per heavy atom. The van der Waals surface area contributed by atoms with Gasteiger partial charge in [0.05, 0.1) is 17.1 Å². The van der Waals surface area contributed by atoms with Crippen LogP contribution in [0.3, 0.4) is 0 Å². The summed E-state index contributed by atoms with van der Waals surface area (Å²) in [6.45, 7) is 0.262. The van der Waals surface area contributed by atoms with E-state index in [2.05, 4.69) is 21.2 Å². The molecule has 4 nitrogen and oxygen atoms in total. The van der Waals surface area contributed by atoms with E-state index in [-0.39, 0.29) is 12.5 Å². The van der Waals surface area contributed by atoms with Gasteiger partial charge in [0.1, 0.15) is 0 Å². The smallest absolute Gasteiger partial charge is 0.252 e. The summed E-state index contributed by atoms with van der Waals surface area (Å²) in [5.41, 5.74) is 0.417. The molecule has 0 heterocycles. The van der Waals surface area contributed by atoms with Crippen LogP contribution in [0, 0.1) is 0 Å². The number of benzene rings is 1. The topological polar surface area (TPSA) is 47.6 Å². The van der Waals surface area contributed by atoms with Crippen LogP contribution >= 0.6 is 27.5 Å². The number of halogens is 2. The summed E-state index contributed by atoms with van der Waals surface area (Å²) >= 11 is 9.23. The third kappa shape index (κ3) is 4.27. The summed E-state index contributed by atoms with van der Waals surface area (Å²) in [6.07, 6.45) is -0.465. The van der Waals surface area contributed by atoms with E-state index in [9.17, 15) is 4.79 Å². The van der Waals surface area contributed by atoms with Crippen molar-refractivity contribution < 1.29 is 14.3 Å². The first-order valence-electron chi connectivity index (χ1n) is 4.87. The molecule has 0 atom stereocenters. The average molecular weight is 323 g/mol. The van der Waals surface area contributed by atoms with Crippen molar-refractivity contribution in [2.24, 2.45) is 0 Å². The molecule has 6 heteroatoms. The fraction of sp³-hybridized carbons (Fsp3) is 0.364. The number of carbonyl (C=O) groups excluding carboxylic acids is 1. The van der Waals surface area contributed by atoms with Crippen molar-refractivity contribution in [3.8, 4) is 0 Å². The molecule has 0 aliphatic carbocycles. The van der Waals surface area contributed by atoms with Gasteiger partial charge in [0.15, 0.2) is 6.29 Å². The molecule has 0 fully saturated rings. The quantitative estimate of drug-likeness (QED) is 0.847. The lowest BCUT2D eigenvalue weighted by Gasteiger charge is -2.14. The van der Waals surface area contributed by atoms with Crippen LogP contribution in [0.5, 0.6) is 0 Å². The first-order valence-corrected chi connectivity index (χ1v) is 6.04. The molecule has 0 saturated heterocycles. The standard InChI is InChI=1S/C11H13BrClNO3/c1-16-10(17-2)6-14-11(15)8-4-3-7(12)5-9(8)13/h3-5,10H,6H2,1-2H3,(H,14,15). The Morgan fingerprint density at radius 2 is 2.12 bits per heavy atom. The zero-order chi connectivity index (χ0) is 12.8. The number of hydrogen-bond acceptors (Lipinski definition) is 3. The minimum Gasteiger partial charge on any atom is -0.354 e. The molecule has 94 valence electrons. The maximum absolute atomic E-state index is 11.8. The van der Waals surface area contributed by atoms with Gasteiger partial charge >= 0.3 is 0 Å². The van der Waals surface area contributed by atoms with E-state index in [1.54, 1.807) is 18.2 Å². The molecule has 1 rings (SSSR count). The van der Waals surface area contributed by atoms with Crippen molar-refractivity contribution in [3.05, 3.63) is 33.3 Å². The number of ether oxygens (including phenoxy) is 2. The van der Waals surface area contributed by atoms with Crippen LogP contribution in [0.1, 0.15) is 10.4 Å². The van der Waals surface area contributed by atoms with E-state index in [1.807, 2.05) is 0 Å². The second kappa shape index (κ2) is 6.96. The SMILES string of the molecule is COC(CNC(=O)c1ccc(Br)cc1Cl)OC. The van der Waals surface area contributed by atoms with Crippen molar-refractivity contribution in [1.29, 1.82) is 0 Å². The monoisotopic (exact) mass is 321 g/mol. The lowest BCUT2D eigenvalue weighted by Crippen LogP contribution is -2.34. The van der Waals surface area contributed by atoms with Crippen molar-refractivity contribution in [2.45, 2.75) is 6.29 Å². The first-order chi connectivity index (χ1) is 8.08. The predicted octanol–water partition coefficient (Wildman–Crippen LogP) is 2.45. The highest BCUT2D eigenvalue weighted by Crippen LogP contribution is 2.21. The van der Waals surface area contributed by atoms with Crippen LogP contribution in [-0.4, -0.2) is 33.0 Å². The second-order valence-corrected chi connectivity index (χ2v) is 4.56. The highest BCUT2D eigenvalue weighted by Gasteiger charge is 2.12. The second-order valence-electron chi connectivity index (χ2n) is 3.24. The predicted molar refractivity (Wildman–Crippen MR) is 69.3 cm³/mol. The summed E-state index contributed by atoms with van der Waals surface area (Å²) in [7, 11) is 3.01. The molecular weight excluding hydrogens is 309 g/mol. The Labute approximate surface area is 113 Å². The molecule has 0 spiro atoms. The van der Waals surface area contributed by atoms with Crippen LogP contribution < -0.4 is 5.32 Å². The van der Waals surface area contributed by atoms with Crippen LogP contribution in [0.4, 0.5) is 0 Å². The molecule has 0 radical (unpaired) electrons. The Hall–Kier alpha value is -0.620. The minimum atomic E-state index is -0.465. The number of carbonyl (C=O) groups is 1. The summed E-state index contributed by atoms with van der Waals surface area (Å²) in [5.74, 6) is -0.262. The lowest BCUT2D eigenvalue weighted by molar-refractivity contribution is -0.0974. The number of methoxy groups -OCH3 is 2. The van der Waals surface area contributed by atoms with Crippen molar-refractivity contribution in [1.82, 2.24) is 5.32 Å². The zero-order valence-electron chi connectivity index (χ0n) is 9.50. The third-order valence-corrected chi connectivity index (χ3v) is 2.94. The van der Waals surface area contributed by atoms with Crippen LogP contribution in [0.25, 0.3) is 0 Å². The van der Waals surface area contributed by atoms with Crippen molar-refractivity contribution >= 4 is 33.4 Å². The summed E-state index contributed by atoms with van der Waals surface area (Å²) < 4.78 is 10.7. The van der Waals surface area contributed by atoms with Gasteiger partial charge in [-0.05, 0) is 18.2 Å². The third-order valence-electron chi connectivity index (χ3n) is 2.13. The maximum atomic E-state index is 11.8. The van der Waals surface area contributed by atoms with E-state index in [1.165, 1.54) is 14.2 Å². The molecule has 0 bridgehead atoms. The molecule has 1 amide bonds. The van der Waals surface area contributed by atoms with E-state index in [0.29, 0.717) is 10.6 Å². The van der Waals surface area contributed by atoms with E-state index in [0.717, 1.165) is 4.47 Å². The van der Waals surface area contributed by atoms with Gasteiger partial charge in [-0.25, -0.2) is 0 Å². The highest BCUT2D eigenvalue weighted by molar-refractivity contribution is 9.10. The minimum absolute atomic E-state index is 0.262. The molecule has 0 aromatic heterocycles. The van der Waals surface area contributed by atoms with E-state index >= 15 is 0 Å². The molecule has 17 heavy (non-hydrogen) atoms. The van der Waals surface area contributed by atoms with Crippen LogP contribution in [0.15, 0.2) is 22.7 Å². The van der Waals surface area contributed by atoms with Gasteiger partial charge in [0.2, 0.25) is 0 Å². The molecule has 1 aromatic carbocycles. The molecule has 1 aromatic rings. The fourth-order valence-electron chi connectivity index (χ4n) is 1.21. The van der Waals surface area contributed by atoms with Gasteiger partial charge in [-0.3, -0.25) is 4.79 Å². The Morgan fingerprint density at radius 3 is 2.65 bits per heavy atom. The molecule has 0 aliphatic heterocycles. The van der Waals surface area contributed by atoms with Crippen molar-refractivity contribution in [2.75, 3.05) is 20.8 Å². The van der Waals surface area contributed by atoms with Crippen molar-refractivity contribution in [3.63, 3.8) is 0 Å². The Kier molecular flexibility index (Phi) is 5.91. The number of nitrogens with one attached hydrogen (secondary N) is 1.